The molecule has 1 aliphatic carbocycles. The van der Waals surface area contributed by atoms with Crippen LogP contribution in [0.25, 0.3) is 22.2 Å². The zero-order valence-electron chi connectivity index (χ0n) is 16.2. The zero-order chi connectivity index (χ0) is 18.5. The number of rotatable bonds is 7. The number of imidazole rings is 1. The molecule has 4 nitrogen and oxygen atoms in total. The molecule has 1 heterocycles. The van der Waals surface area contributed by atoms with E-state index < -0.39 is 0 Å². The third kappa shape index (κ3) is 5.13. The number of hydrogen-bond acceptors (Lipinski definition) is 3. The molecular formula is C23H30ClN3O. The second kappa shape index (κ2) is 10.1. The van der Waals surface area contributed by atoms with Crippen molar-refractivity contribution in [1.29, 1.82) is 0 Å². The highest BCUT2D eigenvalue weighted by molar-refractivity contribution is 5.85. The maximum atomic E-state index is 9.78. The van der Waals surface area contributed by atoms with Gasteiger partial charge in [-0.3, -0.25) is 0 Å². The first-order valence-electron chi connectivity index (χ1n) is 10.2. The number of benzene rings is 2. The number of nitrogens with zero attached hydrogens (tertiary/aromatic N) is 1. The fraction of sp³-hybridized carbons (Fsp3) is 0.435. The monoisotopic (exact) mass is 399 g/mol. The highest BCUT2D eigenvalue weighted by atomic mass is 35.5. The molecule has 0 spiro atoms. The summed E-state index contributed by atoms with van der Waals surface area (Å²) in [5.41, 5.74) is 5.70. The third-order valence-corrected chi connectivity index (χ3v) is 5.84. The average molecular weight is 400 g/mol. The van der Waals surface area contributed by atoms with Gasteiger partial charge in [0.15, 0.2) is 0 Å². The Morgan fingerprint density at radius 3 is 2.71 bits per heavy atom. The Hall–Kier alpha value is -1.88. The van der Waals surface area contributed by atoms with Gasteiger partial charge in [-0.2, -0.15) is 0 Å². The standard InChI is InChI=1S/C23H29N3O.ClH/c27-15-21(12-17-5-2-1-3-6-17)24-14-18-7-4-8-19(11-18)20-9-10-22-23(13-20)26-16-25-22;/h4,7-11,13,16-17,21,24,27H,1-3,5-6,12,14-15H2,(H,25,26);1H/t21-;/m0./s1. The molecule has 28 heavy (non-hydrogen) atoms. The molecule has 0 saturated heterocycles. The number of H-pyrrole nitrogens is 1. The number of fused-ring (bicyclic) bond motifs is 1. The Morgan fingerprint density at radius 2 is 1.89 bits per heavy atom. The summed E-state index contributed by atoms with van der Waals surface area (Å²) in [5, 5.41) is 13.3. The Labute approximate surface area is 173 Å². The lowest BCUT2D eigenvalue weighted by Gasteiger charge is -2.26. The average Bonchev–Trinajstić information content (AvgIpc) is 3.20. The summed E-state index contributed by atoms with van der Waals surface area (Å²) in [7, 11) is 0. The van der Waals surface area contributed by atoms with Gasteiger partial charge in [-0.25, -0.2) is 4.98 Å². The molecule has 0 bridgehead atoms. The number of aliphatic hydroxyl groups excluding tert-OH is 1. The molecule has 2 aromatic carbocycles. The smallest absolute Gasteiger partial charge is 0.0931 e. The predicted octanol–water partition coefficient (Wildman–Crippen LogP) is 5.07. The Morgan fingerprint density at radius 1 is 1.07 bits per heavy atom. The van der Waals surface area contributed by atoms with Crippen LogP contribution in [-0.2, 0) is 6.54 Å². The van der Waals surface area contributed by atoms with Gasteiger partial charge in [-0.15, -0.1) is 12.4 Å². The number of halogens is 1. The van der Waals surface area contributed by atoms with E-state index in [9.17, 15) is 5.11 Å². The largest absolute Gasteiger partial charge is 0.395 e. The summed E-state index contributed by atoms with van der Waals surface area (Å²) in [6, 6.07) is 15.2. The lowest BCUT2D eigenvalue weighted by molar-refractivity contribution is 0.203. The minimum absolute atomic E-state index is 0. The van der Waals surface area contributed by atoms with Crippen molar-refractivity contribution in [3.05, 3.63) is 54.4 Å². The quantitative estimate of drug-likeness (QED) is 0.519. The maximum Gasteiger partial charge on any atom is 0.0931 e. The lowest BCUT2D eigenvalue weighted by atomic mass is 9.85. The first-order valence-corrected chi connectivity index (χ1v) is 10.2. The number of hydrogen-bond donors (Lipinski definition) is 3. The molecular weight excluding hydrogens is 370 g/mol. The molecule has 0 aliphatic heterocycles. The Balaban J connectivity index is 0.00000225. The van der Waals surface area contributed by atoms with E-state index in [4.69, 9.17) is 0 Å². The fourth-order valence-corrected chi connectivity index (χ4v) is 4.29. The highest BCUT2D eigenvalue weighted by Gasteiger charge is 2.18. The summed E-state index contributed by atoms with van der Waals surface area (Å²) >= 11 is 0. The van der Waals surface area contributed by atoms with Crippen LogP contribution >= 0.6 is 12.4 Å². The second-order valence-corrected chi connectivity index (χ2v) is 7.83. The van der Waals surface area contributed by atoms with Crippen LogP contribution < -0.4 is 5.32 Å². The zero-order valence-corrected chi connectivity index (χ0v) is 17.0. The summed E-state index contributed by atoms with van der Waals surface area (Å²) in [4.78, 5) is 7.47. The Bertz CT molecular complexity index is 873. The fourth-order valence-electron chi connectivity index (χ4n) is 4.29. The van der Waals surface area contributed by atoms with Gasteiger partial charge in [0.25, 0.3) is 0 Å². The SMILES string of the molecule is Cl.OC[C@H](CC1CCCCC1)NCc1cccc(-c2ccc3nc[nH]c3c2)c1. The summed E-state index contributed by atoms with van der Waals surface area (Å²) < 4.78 is 0. The van der Waals surface area contributed by atoms with Crippen molar-refractivity contribution in [3.63, 3.8) is 0 Å². The minimum atomic E-state index is 0. The highest BCUT2D eigenvalue weighted by Crippen LogP contribution is 2.27. The summed E-state index contributed by atoms with van der Waals surface area (Å²) in [5.74, 6) is 0.774. The third-order valence-electron chi connectivity index (χ3n) is 5.84. The molecule has 0 unspecified atom stereocenters. The van der Waals surface area contributed by atoms with Crippen molar-refractivity contribution in [2.45, 2.75) is 51.1 Å². The van der Waals surface area contributed by atoms with Gasteiger partial charge in [-0.1, -0.05) is 56.4 Å². The molecule has 1 atom stereocenters. The van der Waals surface area contributed by atoms with E-state index in [2.05, 4.69) is 57.7 Å². The van der Waals surface area contributed by atoms with Crippen LogP contribution in [0.1, 0.15) is 44.1 Å². The molecule has 3 N–H and O–H groups in total. The van der Waals surface area contributed by atoms with Crippen LogP contribution in [0.15, 0.2) is 48.8 Å². The molecule has 1 saturated carbocycles. The van der Waals surface area contributed by atoms with Crippen LogP contribution in [-0.4, -0.2) is 27.7 Å². The number of aromatic nitrogens is 2. The van der Waals surface area contributed by atoms with Crippen molar-refractivity contribution in [3.8, 4) is 11.1 Å². The normalized spacial score (nSPS) is 16.0. The van der Waals surface area contributed by atoms with Crippen molar-refractivity contribution in [2.24, 2.45) is 5.92 Å². The number of aromatic amines is 1. The van der Waals surface area contributed by atoms with Gasteiger partial charge in [0, 0.05) is 12.6 Å². The van der Waals surface area contributed by atoms with E-state index in [0.717, 1.165) is 29.9 Å². The molecule has 1 aliphatic rings. The lowest BCUT2D eigenvalue weighted by Crippen LogP contribution is -2.34. The Kier molecular flexibility index (Phi) is 7.49. The van der Waals surface area contributed by atoms with Gasteiger partial charge < -0.3 is 15.4 Å². The predicted molar refractivity (Wildman–Crippen MR) is 118 cm³/mol. The summed E-state index contributed by atoms with van der Waals surface area (Å²) in [6.07, 6.45) is 9.55. The van der Waals surface area contributed by atoms with Gasteiger partial charge in [0.05, 0.1) is 24.0 Å². The topological polar surface area (TPSA) is 60.9 Å². The number of aliphatic hydroxyl groups is 1. The first kappa shape index (κ1) is 20.8. The molecule has 3 aromatic rings. The molecule has 5 heteroatoms. The van der Waals surface area contributed by atoms with E-state index in [-0.39, 0.29) is 25.1 Å². The molecule has 150 valence electrons. The van der Waals surface area contributed by atoms with Crippen LogP contribution in [0.3, 0.4) is 0 Å². The van der Waals surface area contributed by atoms with E-state index in [0.29, 0.717) is 0 Å². The van der Waals surface area contributed by atoms with Gasteiger partial charge in [-0.05, 0) is 47.2 Å². The molecule has 1 aromatic heterocycles. The van der Waals surface area contributed by atoms with Crippen LogP contribution in [0.2, 0.25) is 0 Å². The van der Waals surface area contributed by atoms with Crippen molar-refractivity contribution >= 4 is 23.4 Å². The molecule has 1 fully saturated rings. The number of nitrogens with one attached hydrogen (secondary N) is 2. The molecule has 4 rings (SSSR count). The van der Waals surface area contributed by atoms with E-state index in [1.54, 1.807) is 6.33 Å². The van der Waals surface area contributed by atoms with Crippen molar-refractivity contribution in [2.75, 3.05) is 6.61 Å². The van der Waals surface area contributed by atoms with E-state index in [1.807, 2.05) is 0 Å². The van der Waals surface area contributed by atoms with Crippen molar-refractivity contribution < 1.29 is 5.11 Å². The van der Waals surface area contributed by atoms with E-state index >= 15 is 0 Å². The first-order chi connectivity index (χ1) is 13.3. The van der Waals surface area contributed by atoms with Gasteiger partial charge in [0.1, 0.15) is 0 Å². The van der Waals surface area contributed by atoms with Gasteiger partial charge in [0.2, 0.25) is 0 Å². The maximum absolute atomic E-state index is 9.78. The summed E-state index contributed by atoms with van der Waals surface area (Å²) in [6.45, 7) is 1.00. The van der Waals surface area contributed by atoms with Crippen LogP contribution in [0.4, 0.5) is 0 Å². The van der Waals surface area contributed by atoms with Crippen molar-refractivity contribution in [1.82, 2.24) is 15.3 Å². The minimum Gasteiger partial charge on any atom is -0.395 e. The molecule has 0 amide bonds. The second-order valence-electron chi connectivity index (χ2n) is 7.83. The molecule has 0 radical (unpaired) electrons. The van der Waals surface area contributed by atoms with E-state index in [1.165, 1.54) is 48.8 Å². The van der Waals surface area contributed by atoms with Crippen LogP contribution in [0, 0.1) is 5.92 Å². The van der Waals surface area contributed by atoms with Crippen LogP contribution in [0.5, 0.6) is 0 Å². The van der Waals surface area contributed by atoms with Gasteiger partial charge >= 0.3 is 0 Å².